The number of carbonyl (C=O) groups is 1. The van der Waals surface area contributed by atoms with Crippen LogP contribution in [-0.2, 0) is 0 Å². The second-order valence-corrected chi connectivity index (χ2v) is 7.78. The number of fused-ring (bicyclic) bond motifs is 1. The monoisotopic (exact) mass is 390 g/mol. The average Bonchev–Trinajstić information content (AvgIpc) is 3.27. The summed E-state index contributed by atoms with van der Waals surface area (Å²) >= 11 is 0. The van der Waals surface area contributed by atoms with E-state index in [0.717, 1.165) is 32.1 Å². The van der Waals surface area contributed by atoms with Crippen LogP contribution in [0.2, 0.25) is 0 Å². The summed E-state index contributed by atoms with van der Waals surface area (Å²) in [5, 5.41) is 2.96. The molecule has 1 N–H and O–H groups in total. The molecule has 1 amide bonds. The molecule has 1 atom stereocenters. The summed E-state index contributed by atoms with van der Waals surface area (Å²) in [7, 11) is 0. The quantitative estimate of drug-likeness (QED) is 0.711. The maximum atomic E-state index is 13.4. The zero-order valence-electron chi connectivity index (χ0n) is 16.9. The van der Waals surface area contributed by atoms with Gasteiger partial charge in [0.1, 0.15) is 11.2 Å². The number of carbonyl (C=O) groups excluding carboxylic acids is 1. The van der Waals surface area contributed by atoms with Gasteiger partial charge in [-0.15, -0.1) is 0 Å². The van der Waals surface area contributed by atoms with E-state index in [2.05, 4.69) is 15.3 Å². The predicted octanol–water partition coefficient (Wildman–Crippen LogP) is 4.10. The van der Waals surface area contributed by atoms with Gasteiger partial charge in [0.2, 0.25) is 0 Å². The Labute approximate surface area is 170 Å². The van der Waals surface area contributed by atoms with E-state index in [1.54, 1.807) is 30.5 Å². The van der Waals surface area contributed by atoms with Crippen molar-refractivity contribution in [1.29, 1.82) is 0 Å². The Morgan fingerprint density at radius 3 is 2.62 bits per heavy atom. The fraction of sp³-hybridized carbons (Fsp3) is 0.391. The Bertz CT molecular complexity index is 1080. The Morgan fingerprint density at radius 1 is 1.21 bits per heavy atom. The Hall–Kier alpha value is -3.02. The molecule has 150 valence electrons. The zero-order chi connectivity index (χ0) is 20.4. The highest BCUT2D eigenvalue weighted by molar-refractivity contribution is 5.94. The largest absolute Gasteiger partial charge is 0.350 e. The molecule has 1 aromatic carbocycles. The fourth-order valence-electron chi connectivity index (χ4n) is 3.92. The van der Waals surface area contributed by atoms with E-state index in [1.807, 2.05) is 30.5 Å². The SMILES string of the molecule is CCC(C)NC(=O)c1ccc(-c2nc3cccnc3n(C3CCCC3)c2=O)cc1. The third-order valence-corrected chi connectivity index (χ3v) is 5.75. The summed E-state index contributed by atoms with van der Waals surface area (Å²) in [5.41, 5.74) is 2.96. The van der Waals surface area contributed by atoms with Crippen LogP contribution in [0, 0.1) is 0 Å². The maximum absolute atomic E-state index is 13.4. The number of hydrogen-bond donors (Lipinski definition) is 1. The van der Waals surface area contributed by atoms with Crippen molar-refractivity contribution < 1.29 is 4.79 Å². The normalized spacial score (nSPS) is 15.5. The highest BCUT2D eigenvalue weighted by Gasteiger charge is 2.23. The van der Waals surface area contributed by atoms with Crippen molar-refractivity contribution in [3.05, 3.63) is 58.5 Å². The second kappa shape index (κ2) is 8.15. The van der Waals surface area contributed by atoms with Crippen LogP contribution in [0.15, 0.2) is 47.4 Å². The molecule has 0 bridgehead atoms. The lowest BCUT2D eigenvalue weighted by Crippen LogP contribution is -2.31. The van der Waals surface area contributed by atoms with Gasteiger partial charge in [0, 0.05) is 29.4 Å². The Kier molecular flexibility index (Phi) is 5.43. The van der Waals surface area contributed by atoms with Crippen molar-refractivity contribution in [2.24, 2.45) is 0 Å². The molecule has 1 saturated carbocycles. The van der Waals surface area contributed by atoms with Crippen LogP contribution < -0.4 is 10.9 Å². The summed E-state index contributed by atoms with van der Waals surface area (Å²) < 4.78 is 1.83. The van der Waals surface area contributed by atoms with Gasteiger partial charge >= 0.3 is 0 Å². The van der Waals surface area contributed by atoms with Crippen molar-refractivity contribution in [2.75, 3.05) is 0 Å². The molecule has 1 unspecified atom stereocenters. The van der Waals surface area contributed by atoms with Crippen molar-refractivity contribution in [2.45, 2.75) is 58.0 Å². The molecule has 1 aliphatic carbocycles. The number of hydrogen-bond acceptors (Lipinski definition) is 4. The second-order valence-electron chi connectivity index (χ2n) is 7.78. The first kappa shape index (κ1) is 19.3. The molecule has 0 saturated heterocycles. The third kappa shape index (κ3) is 3.79. The number of pyridine rings is 1. The highest BCUT2D eigenvalue weighted by atomic mass is 16.1. The molecule has 0 radical (unpaired) electrons. The van der Waals surface area contributed by atoms with Gasteiger partial charge in [-0.3, -0.25) is 14.2 Å². The molecule has 6 heteroatoms. The zero-order valence-corrected chi connectivity index (χ0v) is 16.9. The van der Waals surface area contributed by atoms with Crippen molar-refractivity contribution in [3.8, 4) is 11.3 Å². The summed E-state index contributed by atoms with van der Waals surface area (Å²) in [6.45, 7) is 4.01. The van der Waals surface area contributed by atoms with E-state index in [0.29, 0.717) is 28.0 Å². The topological polar surface area (TPSA) is 76.9 Å². The Morgan fingerprint density at radius 2 is 1.93 bits per heavy atom. The summed E-state index contributed by atoms with van der Waals surface area (Å²) in [5.74, 6) is -0.107. The van der Waals surface area contributed by atoms with Crippen LogP contribution in [0.3, 0.4) is 0 Å². The van der Waals surface area contributed by atoms with Gasteiger partial charge in [0.25, 0.3) is 11.5 Å². The first-order valence-corrected chi connectivity index (χ1v) is 10.4. The molecule has 0 aliphatic heterocycles. The lowest BCUT2D eigenvalue weighted by Gasteiger charge is -2.17. The summed E-state index contributed by atoms with van der Waals surface area (Å²) in [6, 6.07) is 11.1. The molecule has 0 spiro atoms. The number of rotatable bonds is 5. The molecule has 1 aliphatic rings. The number of nitrogens with one attached hydrogen (secondary N) is 1. The third-order valence-electron chi connectivity index (χ3n) is 5.75. The molecule has 29 heavy (non-hydrogen) atoms. The van der Waals surface area contributed by atoms with Crippen LogP contribution in [0.25, 0.3) is 22.4 Å². The van der Waals surface area contributed by atoms with Crippen LogP contribution in [0.4, 0.5) is 0 Å². The molecular weight excluding hydrogens is 364 g/mol. The van der Waals surface area contributed by atoms with Gasteiger partial charge in [-0.05, 0) is 50.5 Å². The lowest BCUT2D eigenvalue weighted by atomic mass is 10.1. The number of aromatic nitrogens is 3. The number of nitrogens with zero attached hydrogens (tertiary/aromatic N) is 3. The standard InChI is InChI=1S/C23H26N4O2/c1-3-15(2)25-22(28)17-12-10-16(11-13-17)20-23(29)27(18-7-4-5-8-18)21-19(26-20)9-6-14-24-21/h6,9-15,18H,3-5,7-8H2,1-2H3,(H,25,28). The molecule has 1 fully saturated rings. The van der Waals surface area contributed by atoms with E-state index in [9.17, 15) is 9.59 Å². The minimum Gasteiger partial charge on any atom is -0.350 e. The molecule has 6 nitrogen and oxygen atoms in total. The van der Waals surface area contributed by atoms with E-state index in [1.165, 1.54) is 0 Å². The number of amides is 1. The summed E-state index contributed by atoms with van der Waals surface area (Å²) in [6.07, 6.45) is 6.82. The van der Waals surface area contributed by atoms with E-state index in [-0.39, 0.29) is 23.6 Å². The highest BCUT2D eigenvalue weighted by Crippen LogP contribution is 2.30. The molecule has 4 rings (SSSR count). The number of benzene rings is 1. The van der Waals surface area contributed by atoms with Gasteiger partial charge in [-0.1, -0.05) is 31.9 Å². The van der Waals surface area contributed by atoms with Crippen molar-refractivity contribution >= 4 is 17.1 Å². The van der Waals surface area contributed by atoms with Crippen LogP contribution in [0.1, 0.15) is 62.4 Å². The summed E-state index contributed by atoms with van der Waals surface area (Å²) in [4.78, 5) is 34.7. The van der Waals surface area contributed by atoms with Crippen LogP contribution in [0.5, 0.6) is 0 Å². The maximum Gasteiger partial charge on any atom is 0.278 e. The molecular formula is C23H26N4O2. The van der Waals surface area contributed by atoms with Gasteiger partial charge in [0.15, 0.2) is 5.65 Å². The minimum absolute atomic E-state index is 0.107. The van der Waals surface area contributed by atoms with Gasteiger partial charge < -0.3 is 5.32 Å². The first-order valence-electron chi connectivity index (χ1n) is 10.4. The van der Waals surface area contributed by atoms with Crippen LogP contribution >= 0.6 is 0 Å². The van der Waals surface area contributed by atoms with Crippen molar-refractivity contribution in [1.82, 2.24) is 19.9 Å². The van der Waals surface area contributed by atoms with Crippen LogP contribution in [-0.4, -0.2) is 26.5 Å². The van der Waals surface area contributed by atoms with Gasteiger partial charge in [0.05, 0.1) is 0 Å². The average molecular weight is 390 g/mol. The molecule has 2 aromatic heterocycles. The molecule has 2 heterocycles. The first-order chi connectivity index (χ1) is 14.1. The lowest BCUT2D eigenvalue weighted by molar-refractivity contribution is 0.0939. The van der Waals surface area contributed by atoms with E-state index >= 15 is 0 Å². The minimum atomic E-state index is -0.111. The Balaban J connectivity index is 1.75. The van der Waals surface area contributed by atoms with E-state index < -0.39 is 0 Å². The predicted molar refractivity (Wildman–Crippen MR) is 114 cm³/mol. The molecule has 3 aromatic rings. The van der Waals surface area contributed by atoms with Crippen molar-refractivity contribution in [3.63, 3.8) is 0 Å². The smallest absolute Gasteiger partial charge is 0.278 e. The fourth-order valence-corrected chi connectivity index (χ4v) is 3.92. The van der Waals surface area contributed by atoms with Gasteiger partial charge in [-0.2, -0.15) is 0 Å². The van der Waals surface area contributed by atoms with E-state index in [4.69, 9.17) is 0 Å². The van der Waals surface area contributed by atoms with Gasteiger partial charge in [-0.25, -0.2) is 9.97 Å².